The van der Waals surface area contributed by atoms with Crippen molar-refractivity contribution in [1.82, 2.24) is 5.32 Å². The van der Waals surface area contributed by atoms with E-state index in [1.165, 1.54) is 6.42 Å². The van der Waals surface area contributed by atoms with Crippen LogP contribution in [-0.2, 0) is 4.74 Å². The zero-order valence-corrected chi connectivity index (χ0v) is 7.97. The first-order valence-corrected chi connectivity index (χ1v) is 4.70. The van der Waals surface area contributed by atoms with Crippen molar-refractivity contribution in [3.8, 4) is 0 Å². The highest BCUT2D eigenvalue weighted by atomic mass is 16.5. The number of nitrogens with one attached hydrogen (secondary N) is 1. The molecule has 0 radical (unpaired) electrons. The molecule has 0 fully saturated rings. The SMILES string of the molecule is CCOCC(C)NC1=NCCC1. The summed E-state index contributed by atoms with van der Waals surface area (Å²) in [6.45, 7) is 6.69. The summed E-state index contributed by atoms with van der Waals surface area (Å²) in [7, 11) is 0. The minimum Gasteiger partial charge on any atom is -0.380 e. The Labute approximate surface area is 74.2 Å². The van der Waals surface area contributed by atoms with Crippen LogP contribution in [0.2, 0.25) is 0 Å². The zero-order chi connectivity index (χ0) is 8.81. The second-order valence-corrected chi connectivity index (χ2v) is 3.14. The molecular weight excluding hydrogens is 152 g/mol. The van der Waals surface area contributed by atoms with Crippen molar-refractivity contribution in [2.24, 2.45) is 4.99 Å². The molecule has 1 heterocycles. The smallest absolute Gasteiger partial charge is 0.0966 e. The lowest BCUT2D eigenvalue weighted by Crippen LogP contribution is -2.34. The highest BCUT2D eigenvalue weighted by molar-refractivity contribution is 5.83. The fourth-order valence-corrected chi connectivity index (χ4v) is 1.28. The van der Waals surface area contributed by atoms with Gasteiger partial charge in [0.1, 0.15) is 0 Å². The van der Waals surface area contributed by atoms with Crippen LogP contribution in [0.3, 0.4) is 0 Å². The maximum absolute atomic E-state index is 5.29. The van der Waals surface area contributed by atoms with Gasteiger partial charge in [0.2, 0.25) is 0 Å². The molecule has 0 aliphatic carbocycles. The molecule has 3 heteroatoms. The summed E-state index contributed by atoms with van der Waals surface area (Å²) < 4.78 is 5.29. The number of hydrogen-bond donors (Lipinski definition) is 1. The molecule has 0 aromatic rings. The van der Waals surface area contributed by atoms with Gasteiger partial charge < -0.3 is 10.1 Å². The average Bonchev–Trinajstić information content (AvgIpc) is 2.53. The number of nitrogens with zero attached hydrogens (tertiary/aromatic N) is 1. The third kappa shape index (κ3) is 3.22. The van der Waals surface area contributed by atoms with Gasteiger partial charge in [-0.3, -0.25) is 4.99 Å². The third-order valence-electron chi connectivity index (χ3n) is 1.86. The molecule has 70 valence electrons. The van der Waals surface area contributed by atoms with Crippen LogP contribution in [-0.4, -0.2) is 31.6 Å². The first kappa shape index (κ1) is 9.52. The number of rotatable bonds is 4. The van der Waals surface area contributed by atoms with Crippen LogP contribution in [0.5, 0.6) is 0 Å². The number of hydrogen-bond acceptors (Lipinski definition) is 3. The highest BCUT2D eigenvalue weighted by Crippen LogP contribution is 2.01. The second kappa shape index (κ2) is 5.14. The van der Waals surface area contributed by atoms with E-state index in [-0.39, 0.29) is 0 Å². The van der Waals surface area contributed by atoms with Crippen molar-refractivity contribution in [2.45, 2.75) is 32.7 Å². The molecule has 1 rings (SSSR count). The molecule has 0 spiro atoms. The fraction of sp³-hybridized carbons (Fsp3) is 0.889. The van der Waals surface area contributed by atoms with E-state index in [4.69, 9.17) is 4.74 Å². The molecule has 1 aliphatic heterocycles. The minimum absolute atomic E-state index is 0.391. The fourth-order valence-electron chi connectivity index (χ4n) is 1.28. The van der Waals surface area contributed by atoms with Gasteiger partial charge in [-0.2, -0.15) is 0 Å². The van der Waals surface area contributed by atoms with Gasteiger partial charge in [0.15, 0.2) is 0 Å². The largest absolute Gasteiger partial charge is 0.380 e. The summed E-state index contributed by atoms with van der Waals surface area (Å²) in [6, 6.07) is 0.391. The highest BCUT2D eigenvalue weighted by Gasteiger charge is 2.08. The first-order valence-electron chi connectivity index (χ1n) is 4.70. The van der Waals surface area contributed by atoms with E-state index in [0.717, 1.165) is 32.0 Å². The van der Waals surface area contributed by atoms with E-state index in [1.54, 1.807) is 0 Å². The summed E-state index contributed by atoms with van der Waals surface area (Å²) in [5.41, 5.74) is 0. The minimum atomic E-state index is 0.391. The Morgan fingerprint density at radius 1 is 1.67 bits per heavy atom. The van der Waals surface area contributed by atoms with Crippen LogP contribution in [0.15, 0.2) is 4.99 Å². The van der Waals surface area contributed by atoms with E-state index in [2.05, 4.69) is 17.2 Å². The lowest BCUT2D eigenvalue weighted by Gasteiger charge is -2.14. The average molecular weight is 170 g/mol. The Kier molecular flexibility index (Phi) is 4.08. The molecule has 1 aliphatic rings. The zero-order valence-electron chi connectivity index (χ0n) is 7.97. The number of aliphatic imine (C=N–C) groups is 1. The van der Waals surface area contributed by atoms with E-state index >= 15 is 0 Å². The normalized spacial score (nSPS) is 19.0. The van der Waals surface area contributed by atoms with Crippen molar-refractivity contribution in [3.63, 3.8) is 0 Å². The van der Waals surface area contributed by atoms with Gasteiger partial charge in [-0.15, -0.1) is 0 Å². The van der Waals surface area contributed by atoms with E-state index in [1.807, 2.05) is 6.92 Å². The number of ether oxygens (including phenoxy) is 1. The third-order valence-corrected chi connectivity index (χ3v) is 1.86. The molecule has 0 saturated heterocycles. The topological polar surface area (TPSA) is 33.6 Å². The van der Waals surface area contributed by atoms with Crippen LogP contribution in [0.1, 0.15) is 26.7 Å². The molecule has 0 aromatic heterocycles. The van der Waals surface area contributed by atoms with E-state index in [9.17, 15) is 0 Å². The van der Waals surface area contributed by atoms with Gasteiger partial charge in [0, 0.05) is 25.6 Å². The summed E-state index contributed by atoms with van der Waals surface area (Å²) in [4.78, 5) is 4.33. The lowest BCUT2D eigenvalue weighted by molar-refractivity contribution is 0.132. The van der Waals surface area contributed by atoms with Gasteiger partial charge in [-0.25, -0.2) is 0 Å². The van der Waals surface area contributed by atoms with Crippen LogP contribution < -0.4 is 5.32 Å². The predicted molar refractivity (Wildman–Crippen MR) is 50.6 cm³/mol. The van der Waals surface area contributed by atoms with E-state index in [0.29, 0.717) is 6.04 Å². The monoisotopic (exact) mass is 170 g/mol. The molecule has 1 atom stereocenters. The molecule has 1 N–H and O–H groups in total. The Hall–Kier alpha value is -0.570. The van der Waals surface area contributed by atoms with Gasteiger partial charge >= 0.3 is 0 Å². The van der Waals surface area contributed by atoms with Crippen molar-refractivity contribution in [1.29, 1.82) is 0 Å². The summed E-state index contributed by atoms with van der Waals surface area (Å²) >= 11 is 0. The standard InChI is InChI=1S/C9H18N2O/c1-3-12-7-8(2)11-9-5-4-6-10-9/h8H,3-7H2,1-2H3,(H,10,11). The Bertz CT molecular complexity index is 157. The van der Waals surface area contributed by atoms with Crippen molar-refractivity contribution in [2.75, 3.05) is 19.8 Å². The summed E-state index contributed by atoms with van der Waals surface area (Å²) in [6.07, 6.45) is 2.31. The molecule has 0 aromatic carbocycles. The van der Waals surface area contributed by atoms with Crippen LogP contribution in [0.4, 0.5) is 0 Å². The second-order valence-electron chi connectivity index (χ2n) is 3.14. The lowest BCUT2D eigenvalue weighted by atomic mass is 10.3. The van der Waals surface area contributed by atoms with Crippen LogP contribution in [0.25, 0.3) is 0 Å². The van der Waals surface area contributed by atoms with Crippen LogP contribution >= 0.6 is 0 Å². The van der Waals surface area contributed by atoms with Gasteiger partial charge in [-0.1, -0.05) is 0 Å². The quantitative estimate of drug-likeness (QED) is 0.687. The molecule has 0 saturated carbocycles. The Balaban J connectivity index is 2.12. The summed E-state index contributed by atoms with van der Waals surface area (Å²) in [5, 5.41) is 3.34. The van der Waals surface area contributed by atoms with Gasteiger partial charge in [0.25, 0.3) is 0 Å². The number of amidine groups is 1. The van der Waals surface area contributed by atoms with Crippen molar-refractivity contribution < 1.29 is 4.74 Å². The van der Waals surface area contributed by atoms with E-state index < -0.39 is 0 Å². The Morgan fingerprint density at radius 3 is 3.08 bits per heavy atom. The Morgan fingerprint density at radius 2 is 2.50 bits per heavy atom. The van der Waals surface area contributed by atoms with Gasteiger partial charge in [0.05, 0.1) is 12.4 Å². The van der Waals surface area contributed by atoms with Crippen molar-refractivity contribution in [3.05, 3.63) is 0 Å². The molecule has 0 bridgehead atoms. The molecule has 12 heavy (non-hydrogen) atoms. The maximum atomic E-state index is 5.29. The summed E-state index contributed by atoms with van der Waals surface area (Å²) in [5.74, 6) is 1.15. The van der Waals surface area contributed by atoms with Crippen LogP contribution in [0, 0.1) is 0 Å². The molecule has 1 unspecified atom stereocenters. The predicted octanol–water partition coefficient (Wildman–Crippen LogP) is 1.19. The van der Waals surface area contributed by atoms with Crippen molar-refractivity contribution >= 4 is 5.84 Å². The maximum Gasteiger partial charge on any atom is 0.0966 e. The molecule has 0 amide bonds. The molecular formula is C9H18N2O. The molecule has 3 nitrogen and oxygen atoms in total. The first-order chi connectivity index (χ1) is 5.83. The van der Waals surface area contributed by atoms with Gasteiger partial charge in [-0.05, 0) is 20.3 Å².